The van der Waals surface area contributed by atoms with Gasteiger partial charge in [0.25, 0.3) is 0 Å². The second kappa shape index (κ2) is 10.0. The van der Waals surface area contributed by atoms with Gasteiger partial charge in [0.2, 0.25) is 0 Å². The van der Waals surface area contributed by atoms with E-state index in [-0.39, 0.29) is 5.82 Å². The first kappa shape index (κ1) is 21.4. The SMILES string of the molecule is C=CCCN(CCC)C1CC(CNc2cc3cc(-c4cncc(F)c4)ccc3cn2)C1. The number of fused-ring (bicyclic) bond motifs is 1. The number of hydrogen-bond acceptors (Lipinski definition) is 4. The molecular weight excluding hydrogens is 387 g/mol. The molecule has 4 rings (SSSR count). The van der Waals surface area contributed by atoms with Gasteiger partial charge in [-0.25, -0.2) is 9.37 Å². The Kier molecular flexibility index (Phi) is 6.92. The van der Waals surface area contributed by atoms with E-state index in [9.17, 15) is 4.39 Å². The highest BCUT2D eigenvalue weighted by molar-refractivity contribution is 5.88. The number of nitrogens with one attached hydrogen (secondary N) is 1. The molecule has 1 N–H and O–H groups in total. The molecule has 31 heavy (non-hydrogen) atoms. The third-order valence-corrected chi connectivity index (χ3v) is 6.19. The summed E-state index contributed by atoms with van der Waals surface area (Å²) in [6.07, 6.45) is 11.6. The summed E-state index contributed by atoms with van der Waals surface area (Å²) in [5, 5.41) is 5.68. The molecule has 1 aliphatic rings. The summed E-state index contributed by atoms with van der Waals surface area (Å²) in [7, 11) is 0. The highest BCUT2D eigenvalue weighted by Gasteiger charge is 2.32. The summed E-state index contributed by atoms with van der Waals surface area (Å²) < 4.78 is 13.5. The molecule has 4 nitrogen and oxygen atoms in total. The van der Waals surface area contributed by atoms with Crippen LogP contribution in [-0.2, 0) is 0 Å². The summed E-state index contributed by atoms with van der Waals surface area (Å²) in [6.45, 7) is 9.35. The molecule has 2 aromatic heterocycles. The van der Waals surface area contributed by atoms with Crippen molar-refractivity contribution in [3.63, 3.8) is 0 Å². The van der Waals surface area contributed by atoms with Crippen molar-refractivity contribution in [2.24, 2.45) is 5.92 Å². The predicted octanol–water partition coefficient (Wildman–Crippen LogP) is 5.91. The minimum Gasteiger partial charge on any atom is -0.370 e. The monoisotopic (exact) mass is 418 g/mol. The van der Waals surface area contributed by atoms with Gasteiger partial charge in [-0.3, -0.25) is 4.98 Å². The van der Waals surface area contributed by atoms with Crippen molar-refractivity contribution in [1.29, 1.82) is 0 Å². The largest absolute Gasteiger partial charge is 0.370 e. The first-order valence-corrected chi connectivity index (χ1v) is 11.3. The smallest absolute Gasteiger partial charge is 0.142 e. The van der Waals surface area contributed by atoms with E-state index >= 15 is 0 Å². The van der Waals surface area contributed by atoms with Gasteiger partial charge in [0.05, 0.1) is 6.20 Å². The number of hydrogen-bond donors (Lipinski definition) is 1. The van der Waals surface area contributed by atoms with Crippen LogP contribution in [-0.4, -0.2) is 40.5 Å². The van der Waals surface area contributed by atoms with E-state index in [1.54, 1.807) is 6.20 Å². The van der Waals surface area contributed by atoms with Gasteiger partial charge in [-0.2, -0.15) is 0 Å². The van der Waals surface area contributed by atoms with E-state index < -0.39 is 0 Å². The third kappa shape index (κ3) is 5.28. The Hall–Kier alpha value is -2.79. The molecule has 5 heteroatoms. The predicted molar refractivity (Wildman–Crippen MR) is 127 cm³/mol. The Bertz CT molecular complexity index is 1030. The van der Waals surface area contributed by atoms with Crippen molar-refractivity contribution in [3.05, 3.63) is 67.4 Å². The van der Waals surface area contributed by atoms with Crippen LogP contribution in [0.1, 0.15) is 32.6 Å². The van der Waals surface area contributed by atoms with Gasteiger partial charge in [-0.1, -0.05) is 25.1 Å². The number of rotatable bonds is 10. The Morgan fingerprint density at radius 1 is 1.10 bits per heavy atom. The molecule has 1 aliphatic carbocycles. The summed E-state index contributed by atoms with van der Waals surface area (Å²) in [5.74, 6) is 1.26. The summed E-state index contributed by atoms with van der Waals surface area (Å²) in [6, 6.07) is 10.4. The Balaban J connectivity index is 1.36. The van der Waals surface area contributed by atoms with E-state index in [0.717, 1.165) is 47.2 Å². The van der Waals surface area contributed by atoms with Crippen LogP contribution in [0.2, 0.25) is 0 Å². The van der Waals surface area contributed by atoms with Gasteiger partial charge in [-0.15, -0.1) is 6.58 Å². The zero-order valence-corrected chi connectivity index (χ0v) is 18.2. The topological polar surface area (TPSA) is 41.0 Å². The fraction of sp³-hybridized carbons (Fsp3) is 0.385. The lowest BCUT2D eigenvalue weighted by Crippen LogP contribution is -2.47. The lowest BCUT2D eigenvalue weighted by Gasteiger charge is -2.43. The molecule has 0 saturated heterocycles. The van der Waals surface area contributed by atoms with Crippen LogP contribution < -0.4 is 5.32 Å². The normalized spacial score (nSPS) is 18.2. The number of benzene rings is 1. The third-order valence-electron chi connectivity index (χ3n) is 6.19. The molecule has 3 aromatic rings. The average molecular weight is 419 g/mol. The number of pyridine rings is 2. The fourth-order valence-electron chi connectivity index (χ4n) is 4.42. The van der Waals surface area contributed by atoms with Crippen LogP contribution in [0.15, 0.2) is 61.6 Å². The standard InChI is InChI=1S/C26H31FN4/c1-3-5-9-31(8-4-2)25-10-19(11-25)15-29-26-14-22-12-20(6-7-21(22)17-30-26)23-13-24(27)18-28-16-23/h3,6-7,12-14,16-19,25H,1,4-5,8-11,15H2,2H3,(H,29,30). The molecule has 0 atom stereocenters. The van der Waals surface area contributed by atoms with E-state index in [0.29, 0.717) is 12.0 Å². The highest BCUT2D eigenvalue weighted by Crippen LogP contribution is 2.32. The Labute approximate surface area is 184 Å². The van der Waals surface area contributed by atoms with Crippen molar-refractivity contribution in [3.8, 4) is 11.1 Å². The van der Waals surface area contributed by atoms with Crippen LogP contribution in [0.3, 0.4) is 0 Å². The van der Waals surface area contributed by atoms with Crippen molar-refractivity contribution in [1.82, 2.24) is 14.9 Å². The number of nitrogens with zero attached hydrogens (tertiary/aromatic N) is 3. The van der Waals surface area contributed by atoms with Crippen LogP contribution in [0.25, 0.3) is 21.9 Å². The van der Waals surface area contributed by atoms with Crippen molar-refractivity contribution < 1.29 is 4.39 Å². The lowest BCUT2D eigenvalue weighted by atomic mass is 9.79. The number of aromatic nitrogens is 2. The number of halogens is 1. The molecule has 1 fully saturated rings. The maximum Gasteiger partial charge on any atom is 0.142 e. The highest BCUT2D eigenvalue weighted by atomic mass is 19.1. The van der Waals surface area contributed by atoms with Gasteiger partial charge in [0.15, 0.2) is 0 Å². The van der Waals surface area contributed by atoms with Crippen LogP contribution >= 0.6 is 0 Å². The molecule has 0 spiro atoms. The van der Waals surface area contributed by atoms with E-state index in [1.807, 2.05) is 24.4 Å². The first-order chi connectivity index (χ1) is 15.2. The molecule has 1 aromatic carbocycles. The van der Waals surface area contributed by atoms with Crippen LogP contribution in [0.4, 0.5) is 10.2 Å². The Morgan fingerprint density at radius 3 is 2.74 bits per heavy atom. The van der Waals surface area contributed by atoms with Crippen molar-refractivity contribution in [2.75, 3.05) is 25.0 Å². The molecule has 0 bridgehead atoms. The van der Waals surface area contributed by atoms with Gasteiger partial charge in [-0.05, 0) is 67.3 Å². The maximum absolute atomic E-state index is 13.5. The van der Waals surface area contributed by atoms with E-state index in [1.165, 1.54) is 38.1 Å². The molecule has 0 radical (unpaired) electrons. The van der Waals surface area contributed by atoms with Gasteiger partial charge in [0, 0.05) is 42.5 Å². The maximum atomic E-state index is 13.5. The molecule has 0 unspecified atom stereocenters. The first-order valence-electron chi connectivity index (χ1n) is 11.3. The van der Waals surface area contributed by atoms with Crippen molar-refractivity contribution in [2.45, 2.75) is 38.6 Å². The van der Waals surface area contributed by atoms with Gasteiger partial charge in [0.1, 0.15) is 11.6 Å². The van der Waals surface area contributed by atoms with Gasteiger partial charge < -0.3 is 10.2 Å². The van der Waals surface area contributed by atoms with Crippen molar-refractivity contribution >= 4 is 16.6 Å². The second-order valence-electron chi connectivity index (χ2n) is 8.51. The van der Waals surface area contributed by atoms with Gasteiger partial charge >= 0.3 is 0 Å². The second-order valence-corrected chi connectivity index (χ2v) is 8.51. The van der Waals surface area contributed by atoms with E-state index in [2.05, 4.69) is 45.8 Å². The summed E-state index contributed by atoms with van der Waals surface area (Å²) >= 11 is 0. The molecule has 162 valence electrons. The number of anilines is 1. The van der Waals surface area contributed by atoms with E-state index in [4.69, 9.17) is 0 Å². The molecule has 0 aliphatic heterocycles. The summed E-state index contributed by atoms with van der Waals surface area (Å²) in [5.41, 5.74) is 1.73. The molecule has 0 amide bonds. The fourth-order valence-corrected chi connectivity index (χ4v) is 4.42. The minimum atomic E-state index is -0.324. The Morgan fingerprint density at radius 2 is 1.97 bits per heavy atom. The zero-order valence-electron chi connectivity index (χ0n) is 18.2. The van der Waals surface area contributed by atoms with Crippen LogP contribution in [0, 0.1) is 11.7 Å². The van der Waals surface area contributed by atoms with Crippen LogP contribution in [0.5, 0.6) is 0 Å². The molecular formula is C26H31FN4. The quantitative estimate of drug-likeness (QED) is 0.415. The molecule has 1 saturated carbocycles. The zero-order chi connectivity index (χ0) is 21.6. The minimum absolute atomic E-state index is 0.324. The average Bonchev–Trinajstić information content (AvgIpc) is 2.75. The lowest BCUT2D eigenvalue weighted by molar-refractivity contribution is 0.0850. The summed E-state index contributed by atoms with van der Waals surface area (Å²) in [4.78, 5) is 11.2. The molecule has 2 heterocycles.